The highest BCUT2D eigenvalue weighted by atomic mass is 35.5. The van der Waals surface area contributed by atoms with Crippen LogP contribution in [0, 0.1) is 11.7 Å². The van der Waals surface area contributed by atoms with Crippen LogP contribution in [0.1, 0.15) is 51.5 Å². The highest BCUT2D eigenvalue weighted by molar-refractivity contribution is 6.31. The monoisotopic (exact) mass is 297 g/mol. The summed E-state index contributed by atoms with van der Waals surface area (Å²) in [5.41, 5.74) is 0.599. The van der Waals surface area contributed by atoms with Crippen LogP contribution in [-0.4, -0.2) is 13.1 Å². The van der Waals surface area contributed by atoms with Crippen molar-refractivity contribution in [2.45, 2.75) is 51.4 Å². The first-order valence-electron chi connectivity index (χ1n) is 7.74. The number of rotatable bonds is 5. The van der Waals surface area contributed by atoms with Gasteiger partial charge in [0.15, 0.2) is 0 Å². The van der Waals surface area contributed by atoms with Crippen LogP contribution in [0.5, 0.6) is 0 Å². The van der Waals surface area contributed by atoms with E-state index in [4.69, 9.17) is 11.6 Å². The average molecular weight is 298 g/mol. The summed E-state index contributed by atoms with van der Waals surface area (Å²) in [6.45, 7) is 6.24. The second-order valence-corrected chi connectivity index (χ2v) is 6.64. The predicted octanol–water partition coefficient (Wildman–Crippen LogP) is 4.93. The van der Waals surface area contributed by atoms with Crippen LogP contribution in [0.3, 0.4) is 0 Å². The Morgan fingerprint density at radius 2 is 2.05 bits per heavy atom. The van der Waals surface area contributed by atoms with Crippen molar-refractivity contribution in [1.82, 2.24) is 5.32 Å². The van der Waals surface area contributed by atoms with E-state index in [1.807, 2.05) is 6.07 Å². The third-order valence-electron chi connectivity index (χ3n) is 4.61. The first kappa shape index (κ1) is 15.8. The first-order chi connectivity index (χ1) is 9.59. The molecule has 3 heteroatoms. The summed E-state index contributed by atoms with van der Waals surface area (Å²) in [5, 5.41) is 4.07. The van der Waals surface area contributed by atoms with Gasteiger partial charge >= 0.3 is 0 Å². The normalized spacial score (nSPS) is 26.7. The lowest BCUT2D eigenvalue weighted by atomic mass is 9.66. The molecular formula is C17H25ClFN. The number of hydrogen-bond donors (Lipinski definition) is 1. The molecule has 0 saturated heterocycles. The molecule has 0 radical (unpaired) electrons. The van der Waals surface area contributed by atoms with E-state index in [9.17, 15) is 4.39 Å². The molecule has 1 fully saturated rings. The predicted molar refractivity (Wildman–Crippen MR) is 83.9 cm³/mol. The molecule has 2 rings (SSSR count). The molecule has 0 aromatic heterocycles. The fourth-order valence-corrected chi connectivity index (χ4v) is 3.70. The summed E-state index contributed by atoms with van der Waals surface area (Å²) in [7, 11) is 0. The van der Waals surface area contributed by atoms with Crippen molar-refractivity contribution >= 4 is 11.6 Å². The first-order valence-corrected chi connectivity index (χ1v) is 8.12. The number of halogens is 2. The van der Waals surface area contributed by atoms with Gasteiger partial charge in [-0.05, 0) is 56.7 Å². The summed E-state index contributed by atoms with van der Waals surface area (Å²) in [4.78, 5) is 0. The van der Waals surface area contributed by atoms with Gasteiger partial charge in [0.05, 0.1) is 0 Å². The Labute approximate surface area is 126 Å². The zero-order valence-corrected chi connectivity index (χ0v) is 13.3. The molecule has 1 aliphatic rings. The van der Waals surface area contributed by atoms with Gasteiger partial charge in [-0.25, -0.2) is 4.39 Å². The molecule has 0 amide bonds. The van der Waals surface area contributed by atoms with E-state index >= 15 is 0 Å². The lowest BCUT2D eigenvalue weighted by Crippen LogP contribution is -2.42. The molecule has 0 unspecified atom stereocenters. The highest BCUT2D eigenvalue weighted by Crippen LogP contribution is 2.44. The zero-order valence-electron chi connectivity index (χ0n) is 12.5. The Bertz CT molecular complexity index is 418. The molecule has 1 aromatic rings. The Kier molecular flexibility index (Phi) is 5.45. The summed E-state index contributed by atoms with van der Waals surface area (Å²) in [5.74, 6) is 0.588. The fourth-order valence-electron chi connectivity index (χ4n) is 3.34. The Morgan fingerprint density at radius 1 is 1.35 bits per heavy atom. The van der Waals surface area contributed by atoms with Crippen LogP contribution in [0.2, 0.25) is 5.02 Å². The van der Waals surface area contributed by atoms with Gasteiger partial charge in [0.25, 0.3) is 0 Å². The standard InChI is InChI=1S/C17H25ClFN/c1-3-11-20-12-17(9-7-13(2)8-10-17)16-14(18)5-4-6-15(16)19/h4-6,13,20H,3,7-12H2,1-2H3. The van der Waals surface area contributed by atoms with Crippen LogP contribution in [0.25, 0.3) is 0 Å². The third kappa shape index (κ3) is 3.35. The smallest absolute Gasteiger partial charge is 0.128 e. The van der Waals surface area contributed by atoms with Crippen molar-refractivity contribution < 1.29 is 4.39 Å². The third-order valence-corrected chi connectivity index (χ3v) is 4.93. The van der Waals surface area contributed by atoms with Crippen molar-refractivity contribution in [1.29, 1.82) is 0 Å². The van der Waals surface area contributed by atoms with Crippen molar-refractivity contribution in [2.75, 3.05) is 13.1 Å². The van der Waals surface area contributed by atoms with Crippen LogP contribution in [0.4, 0.5) is 4.39 Å². The van der Waals surface area contributed by atoms with Crippen LogP contribution in [-0.2, 0) is 5.41 Å². The van der Waals surface area contributed by atoms with Crippen LogP contribution < -0.4 is 5.32 Å². The SMILES string of the molecule is CCCNCC1(c2c(F)cccc2Cl)CCC(C)CC1. The lowest BCUT2D eigenvalue weighted by molar-refractivity contribution is 0.228. The average Bonchev–Trinajstić information content (AvgIpc) is 2.42. The molecule has 1 aliphatic carbocycles. The summed E-state index contributed by atoms with van der Waals surface area (Å²) < 4.78 is 14.4. The van der Waals surface area contributed by atoms with Gasteiger partial charge in [0.1, 0.15) is 5.82 Å². The maximum absolute atomic E-state index is 14.4. The maximum atomic E-state index is 14.4. The van der Waals surface area contributed by atoms with Gasteiger partial charge < -0.3 is 5.32 Å². The fraction of sp³-hybridized carbons (Fsp3) is 0.647. The maximum Gasteiger partial charge on any atom is 0.128 e. The second kappa shape index (κ2) is 6.91. The minimum atomic E-state index is -0.148. The quantitative estimate of drug-likeness (QED) is 0.760. The van der Waals surface area contributed by atoms with Crippen LogP contribution in [0.15, 0.2) is 18.2 Å². The van der Waals surface area contributed by atoms with Gasteiger partial charge in [-0.2, -0.15) is 0 Å². The van der Waals surface area contributed by atoms with E-state index in [-0.39, 0.29) is 11.2 Å². The molecule has 1 nitrogen and oxygen atoms in total. The Morgan fingerprint density at radius 3 is 2.65 bits per heavy atom. The Hall–Kier alpha value is -0.600. The Balaban J connectivity index is 2.30. The van der Waals surface area contributed by atoms with Crippen LogP contribution >= 0.6 is 11.6 Å². The van der Waals surface area contributed by atoms with E-state index in [1.165, 1.54) is 0 Å². The van der Waals surface area contributed by atoms with Gasteiger partial charge in [0, 0.05) is 22.5 Å². The van der Waals surface area contributed by atoms with Gasteiger partial charge in [0.2, 0.25) is 0 Å². The molecule has 1 aromatic carbocycles. The zero-order chi connectivity index (χ0) is 14.6. The summed E-state index contributed by atoms with van der Waals surface area (Å²) in [6, 6.07) is 5.06. The molecule has 20 heavy (non-hydrogen) atoms. The van der Waals surface area contributed by atoms with Crippen molar-refractivity contribution in [3.8, 4) is 0 Å². The van der Waals surface area contributed by atoms with Crippen molar-refractivity contribution in [3.05, 3.63) is 34.6 Å². The molecule has 0 spiro atoms. The summed E-state index contributed by atoms with van der Waals surface area (Å²) >= 11 is 6.33. The van der Waals surface area contributed by atoms with E-state index in [0.717, 1.165) is 56.7 Å². The van der Waals surface area contributed by atoms with Gasteiger partial charge in [-0.1, -0.05) is 31.5 Å². The second-order valence-electron chi connectivity index (χ2n) is 6.24. The minimum Gasteiger partial charge on any atom is -0.316 e. The van der Waals surface area contributed by atoms with E-state index in [0.29, 0.717) is 5.02 Å². The van der Waals surface area contributed by atoms with E-state index in [2.05, 4.69) is 19.2 Å². The molecule has 112 valence electrons. The largest absolute Gasteiger partial charge is 0.316 e. The van der Waals surface area contributed by atoms with E-state index < -0.39 is 0 Å². The summed E-state index contributed by atoms with van der Waals surface area (Å²) in [6.07, 6.45) is 5.44. The molecule has 0 aliphatic heterocycles. The lowest BCUT2D eigenvalue weighted by Gasteiger charge is -2.41. The molecule has 0 heterocycles. The molecule has 1 N–H and O–H groups in total. The molecular weight excluding hydrogens is 273 g/mol. The van der Waals surface area contributed by atoms with Gasteiger partial charge in [-0.3, -0.25) is 0 Å². The number of nitrogens with one attached hydrogen (secondary N) is 1. The topological polar surface area (TPSA) is 12.0 Å². The number of benzene rings is 1. The minimum absolute atomic E-state index is 0.135. The highest BCUT2D eigenvalue weighted by Gasteiger charge is 2.38. The molecule has 0 atom stereocenters. The van der Waals surface area contributed by atoms with Gasteiger partial charge in [-0.15, -0.1) is 0 Å². The molecule has 1 saturated carbocycles. The van der Waals surface area contributed by atoms with Crippen molar-refractivity contribution in [3.63, 3.8) is 0 Å². The molecule has 0 bridgehead atoms. The van der Waals surface area contributed by atoms with E-state index in [1.54, 1.807) is 12.1 Å². The van der Waals surface area contributed by atoms with Crippen molar-refractivity contribution in [2.24, 2.45) is 5.92 Å². The number of hydrogen-bond acceptors (Lipinski definition) is 1.